The fraction of sp³-hybridized carbons (Fsp3) is 0.364. The third kappa shape index (κ3) is 5.96. The van der Waals surface area contributed by atoms with Crippen LogP contribution in [0.3, 0.4) is 0 Å². The average Bonchev–Trinajstić information content (AvgIpc) is 2.69. The number of aliphatic carboxylic acids is 1. The van der Waals surface area contributed by atoms with E-state index in [1.54, 1.807) is 4.90 Å². The van der Waals surface area contributed by atoms with Gasteiger partial charge in [0, 0.05) is 24.8 Å². The first-order chi connectivity index (χ1) is 13.9. The first-order valence-electron chi connectivity index (χ1n) is 9.73. The van der Waals surface area contributed by atoms with Crippen LogP contribution in [0.2, 0.25) is 0 Å². The number of hydrogen-bond donors (Lipinski definition) is 2. The number of aryl methyl sites for hydroxylation is 1. The standard InChI is InChI=1S/C22H27N3O4/c1-16-4-3-5-20(14-16)29-19-8-6-17(7-9-19)23-22(28)25-12-10-18(11-13-25)24(2)15-21(26)27/h3-9,14,18H,10-13,15H2,1-2H3,(H,23,28)(H,26,27). The molecule has 1 fully saturated rings. The lowest BCUT2D eigenvalue weighted by Crippen LogP contribution is -2.47. The summed E-state index contributed by atoms with van der Waals surface area (Å²) in [7, 11) is 1.81. The van der Waals surface area contributed by atoms with Crippen molar-refractivity contribution in [2.24, 2.45) is 0 Å². The first kappa shape index (κ1) is 20.7. The maximum atomic E-state index is 12.5. The number of likely N-dealkylation sites (tertiary alicyclic amines) is 1. The van der Waals surface area contributed by atoms with Crippen molar-refractivity contribution in [2.45, 2.75) is 25.8 Å². The summed E-state index contributed by atoms with van der Waals surface area (Å²) >= 11 is 0. The van der Waals surface area contributed by atoms with Crippen molar-refractivity contribution in [3.8, 4) is 11.5 Å². The molecule has 2 aromatic rings. The van der Waals surface area contributed by atoms with E-state index in [1.165, 1.54) is 0 Å². The summed E-state index contributed by atoms with van der Waals surface area (Å²) in [6.07, 6.45) is 1.53. The summed E-state index contributed by atoms with van der Waals surface area (Å²) in [5.41, 5.74) is 1.83. The maximum absolute atomic E-state index is 12.5. The molecule has 2 N–H and O–H groups in total. The fourth-order valence-electron chi connectivity index (χ4n) is 3.48. The van der Waals surface area contributed by atoms with Crippen LogP contribution in [0.5, 0.6) is 11.5 Å². The number of carboxylic acid groups (broad SMARTS) is 1. The smallest absolute Gasteiger partial charge is 0.321 e. The fourth-order valence-corrected chi connectivity index (χ4v) is 3.48. The molecule has 1 heterocycles. The van der Waals surface area contributed by atoms with Crippen LogP contribution >= 0.6 is 0 Å². The van der Waals surface area contributed by atoms with Crippen LogP contribution in [-0.4, -0.2) is 59.6 Å². The van der Waals surface area contributed by atoms with Gasteiger partial charge in [0.25, 0.3) is 0 Å². The van der Waals surface area contributed by atoms with Crippen molar-refractivity contribution in [2.75, 3.05) is 32.0 Å². The van der Waals surface area contributed by atoms with Crippen molar-refractivity contribution in [3.63, 3.8) is 0 Å². The van der Waals surface area contributed by atoms with Crippen LogP contribution in [0.15, 0.2) is 48.5 Å². The van der Waals surface area contributed by atoms with E-state index in [9.17, 15) is 9.59 Å². The number of piperidine rings is 1. The molecule has 0 spiro atoms. The van der Waals surface area contributed by atoms with E-state index in [1.807, 2.05) is 67.4 Å². The SMILES string of the molecule is Cc1cccc(Oc2ccc(NC(=O)N3CCC(N(C)CC(=O)O)CC3)cc2)c1. The molecule has 2 aromatic carbocycles. The van der Waals surface area contributed by atoms with Gasteiger partial charge in [-0.3, -0.25) is 9.69 Å². The number of benzene rings is 2. The van der Waals surface area contributed by atoms with Gasteiger partial charge in [-0.1, -0.05) is 12.1 Å². The number of amides is 2. The lowest BCUT2D eigenvalue weighted by atomic mass is 10.0. The second kappa shape index (κ2) is 9.43. The Labute approximate surface area is 170 Å². The van der Waals surface area contributed by atoms with Crippen molar-refractivity contribution in [3.05, 3.63) is 54.1 Å². The van der Waals surface area contributed by atoms with Gasteiger partial charge in [0.05, 0.1) is 6.54 Å². The third-order valence-electron chi connectivity index (χ3n) is 5.09. The molecule has 0 saturated carbocycles. The lowest BCUT2D eigenvalue weighted by Gasteiger charge is -2.36. The van der Waals surface area contributed by atoms with E-state index in [2.05, 4.69) is 5.32 Å². The topological polar surface area (TPSA) is 82.1 Å². The minimum absolute atomic E-state index is 0.0217. The molecule has 0 bridgehead atoms. The molecular weight excluding hydrogens is 370 g/mol. The number of anilines is 1. The number of carbonyl (C=O) groups excluding carboxylic acids is 1. The normalized spacial score (nSPS) is 14.7. The maximum Gasteiger partial charge on any atom is 0.321 e. The molecular formula is C22H27N3O4. The van der Waals surface area contributed by atoms with E-state index in [0.717, 1.165) is 24.2 Å². The largest absolute Gasteiger partial charge is 0.480 e. The van der Waals surface area contributed by atoms with Crippen molar-refractivity contribution in [1.29, 1.82) is 0 Å². The van der Waals surface area contributed by atoms with Gasteiger partial charge in [0.1, 0.15) is 11.5 Å². The average molecular weight is 397 g/mol. The van der Waals surface area contributed by atoms with Gasteiger partial charge < -0.3 is 20.1 Å². The van der Waals surface area contributed by atoms with Crippen molar-refractivity contribution >= 4 is 17.7 Å². The second-order valence-corrected chi connectivity index (χ2v) is 7.40. The molecule has 29 heavy (non-hydrogen) atoms. The summed E-state index contributed by atoms with van der Waals surface area (Å²) in [6.45, 7) is 3.25. The Morgan fingerprint density at radius 3 is 2.45 bits per heavy atom. The van der Waals surface area contributed by atoms with Gasteiger partial charge in [0.15, 0.2) is 0 Å². The molecule has 0 aliphatic carbocycles. The Bertz CT molecular complexity index is 845. The Balaban J connectivity index is 1.49. The lowest BCUT2D eigenvalue weighted by molar-refractivity contribution is -0.138. The van der Waals surface area contributed by atoms with Crippen LogP contribution in [0.1, 0.15) is 18.4 Å². The summed E-state index contributed by atoms with van der Waals surface area (Å²) in [4.78, 5) is 27.0. The molecule has 7 nitrogen and oxygen atoms in total. The van der Waals surface area contributed by atoms with Crippen LogP contribution < -0.4 is 10.1 Å². The quantitative estimate of drug-likeness (QED) is 0.775. The zero-order valence-corrected chi connectivity index (χ0v) is 16.8. The molecule has 154 valence electrons. The monoisotopic (exact) mass is 397 g/mol. The number of likely N-dealkylation sites (N-methyl/N-ethyl adjacent to an activating group) is 1. The number of carbonyl (C=O) groups is 2. The number of carboxylic acids is 1. The van der Waals surface area contributed by atoms with Crippen LogP contribution in [0.25, 0.3) is 0 Å². The number of ether oxygens (including phenoxy) is 1. The molecule has 1 saturated heterocycles. The van der Waals surface area contributed by atoms with E-state index < -0.39 is 5.97 Å². The van der Waals surface area contributed by atoms with Crippen LogP contribution in [0, 0.1) is 6.92 Å². The van der Waals surface area contributed by atoms with Crippen molar-refractivity contribution in [1.82, 2.24) is 9.80 Å². The molecule has 0 atom stereocenters. The van der Waals surface area contributed by atoms with E-state index >= 15 is 0 Å². The van der Waals surface area contributed by atoms with Gasteiger partial charge in [-0.2, -0.15) is 0 Å². The third-order valence-corrected chi connectivity index (χ3v) is 5.09. The van der Waals surface area contributed by atoms with Gasteiger partial charge in [-0.25, -0.2) is 4.79 Å². The first-order valence-corrected chi connectivity index (χ1v) is 9.73. The Morgan fingerprint density at radius 1 is 1.14 bits per heavy atom. The minimum Gasteiger partial charge on any atom is -0.480 e. The predicted molar refractivity (Wildman–Crippen MR) is 112 cm³/mol. The highest BCUT2D eigenvalue weighted by atomic mass is 16.5. The second-order valence-electron chi connectivity index (χ2n) is 7.40. The highest BCUT2D eigenvalue weighted by molar-refractivity contribution is 5.89. The molecule has 0 aromatic heterocycles. The number of rotatable bonds is 6. The van der Waals surface area contributed by atoms with Gasteiger partial charge >= 0.3 is 12.0 Å². The van der Waals surface area contributed by atoms with Gasteiger partial charge in [0.2, 0.25) is 0 Å². The summed E-state index contributed by atoms with van der Waals surface area (Å²) in [5, 5.41) is 11.8. The molecule has 0 unspecified atom stereocenters. The van der Waals surface area contributed by atoms with Gasteiger partial charge in [-0.15, -0.1) is 0 Å². The Hall–Kier alpha value is -3.06. The number of nitrogens with zero attached hydrogens (tertiary/aromatic N) is 2. The summed E-state index contributed by atoms with van der Waals surface area (Å²) in [5.74, 6) is 0.649. The van der Waals surface area contributed by atoms with Crippen molar-refractivity contribution < 1.29 is 19.4 Å². The number of hydrogen-bond acceptors (Lipinski definition) is 4. The Morgan fingerprint density at radius 2 is 1.83 bits per heavy atom. The number of urea groups is 1. The van der Waals surface area contributed by atoms with E-state index in [-0.39, 0.29) is 18.6 Å². The molecule has 7 heteroatoms. The molecule has 3 rings (SSSR count). The van der Waals surface area contributed by atoms with E-state index in [4.69, 9.17) is 9.84 Å². The molecule has 1 aliphatic rings. The zero-order valence-electron chi connectivity index (χ0n) is 16.8. The summed E-state index contributed by atoms with van der Waals surface area (Å²) in [6, 6.07) is 15.2. The highest BCUT2D eigenvalue weighted by Crippen LogP contribution is 2.24. The highest BCUT2D eigenvalue weighted by Gasteiger charge is 2.26. The van der Waals surface area contributed by atoms with E-state index in [0.29, 0.717) is 24.5 Å². The van der Waals surface area contributed by atoms with Crippen LogP contribution in [-0.2, 0) is 4.79 Å². The van der Waals surface area contributed by atoms with Crippen LogP contribution in [0.4, 0.5) is 10.5 Å². The summed E-state index contributed by atoms with van der Waals surface area (Å²) < 4.78 is 5.83. The molecule has 0 radical (unpaired) electrons. The molecule has 1 aliphatic heterocycles. The number of nitrogens with one attached hydrogen (secondary N) is 1. The predicted octanol–water partition coefficient (Wildman–Crippen LogP) is 3.80. The molecule has 2 amide bonds. The zero-order chi connectivity index (χ0) is 20.8. The van der Waals surface area contributed by atoms with Gasteiger partial charge in [-0.05, 0) is 68.8 Å². The minimum atomic E-state index is -0.831. The Kier molecular flexibility index (Phi) is 6.72.